The molecule has 1 saturated carbocycles. The fourth-order valence-electron chi connectivity index (χ4n) is 3.56. The first kappa shape index (κ1) is 22.7. The molecule has 0 spiro atoms. The van der Waals surface area contributed by atoms with Crippen LogP contribution in [0.3, 0.4) is 0 Å². The molecule has 162 valence electrons. The van der Waals surface area contributed by atoms with Crippen LogP contribution >= 0.6 is 24.0 Å². The maximum absolute atomic E-state index is 6.01. The van der Waals surface area contributed by atoms with Gasteiger partial charge in [0.05, 0.1) is 6.61 Å². The molecule has 2 fully saturated rings. The molecule has 0 unspecified atom stereocenters. The number of nitrogens with zero attached hydrogens (tertiary/aromatic N) is 3. The van der Waals surface area contributed by atoms with Crippen LogP contribution < -0.4 is 20.3 Å². The van der Waals surface area contributed by atoms with E-state index >= 15 is 0 Å². The van der Waals surface area contributed by atoms with Crippen LogP contribution in [0.2, 0.25) is 0 Å². The smallest absolute Gasteiger partial charge is 0.191 e. The van der Waals surface area contributed by atoms with Crippen molar-refractivity contribution in [2.45, 2.75) is 38.8 Å². The number of benzene rings is 1. The van der Waals surface area contributed by atoms with Gasteiger partial charge >= 0.3 is 0 Å². The second-order valence-electron chi connectivity index (χ2n) is 7.86. The number of aromatic nitrogens is 1. The van der Waals surface area contributed by atoms with E-state index in [9.17, 15) is 0 Å². The highest BCUT2D eigenvalue weighted by Gasteiger charge is 2.22. The van der Waals surface area contributed by atoms with Crippen molar-refractivity contribution in [1.82, 2.24) is 15.6 Å². The quantitative estimate of drug-likeness (QED) is 0.313. The Morgan fingerprint density at radius 2 is 1.90 bits per heavy atom. The summed E-state index contributed by atoms with van der Waals surface area (Å²) in [7, 11) is 1.80. The van der Waals surface area contributed by atoms with Gasteiger partial charge in [0.1, 0.15) is 11.6 Å². The molecule has 1 saturated heterocycles. The van der Waals surface area contributed by atoms with Crippen LogP contribution in [0, 0.1) is 5.92 Å². The zero-order valence-electron chi connectivity index (χ0n) is 17.6. The summed E-state index contributed by atoms with van der Waals surface area (Å²) in [5.74, 6) is 3.57. The van der Waals surface area contributed by atoms with Crippen LogP contribution in [0.5, 0.6) is 5.75 Å². The fraction of sp³-hybridized carbons (Fsp3) is 0.478. The van der Waals surface area contributed by atoms with Crippen molar-refractivity contribution < 1.29 is 4.74 Å². The molecular formula is C23H32IN5O. The summed E-state index contributed by atoms with van der Waals surface area (Å²) >= 11 is 0. The number of aliphatic imine (C=N–C) groups is 1. The Bertz CT molecular complexity index is 834. The number of hydrogen-bond acceptors (Lipinski definition) is 4. The van der Waals surface area contributed by atoms with Crippen LogP contribution in [0.1, 0.15) is 36.8 Å². The molecule has 0 atom stereocenters. The van der Waals surface area contributed by atoms with Crippen molar-refractivity contribution in [1.29, 1.82) is 0 Å². The van der Waals surface area contributed by atoms with E-state index in [1.54, 1.807) is 7.05 Å². The first-order chi connectivity index (χ1) is 14.3. The minimum absolute atomic E-state index is 0. The maximum atomic E-state index is 6.01. The van der Waals surface area contributed by atoms with Gasteiger partial charge in [0.2, 0.25) is 0 Å². The Morgan fingerprint density at radius 3 is 2.67 bits per heavy atom. The van der Waals surface area contributed by atoms with Crippen LogP contribution in [-0.2, 0) is 13.1 Å². The van der Waals surface area contributed by atoms with Crippen molar-refractivity contribution in [3.05, 3.63) is 53.7 Å². The molecule has 2 heterocycles. The van der Waals surface area contributed by atoms with Crippen molar-refractivity contribution in [3.8, 4) is 5.75 Å². The molecule has 30 heavy (non-hydrogen) atoms. The Morgan fingerprint density at radius 1 is 1.13 bits per heavy atom. The normalized spacial score (nSPS) is 16.2. The molecule has 2 aliphatic rings. The molecule has 2 N–H and O–H groups in total. The van der Waals surface area contributed by atoms with E-state index < -0.39 is 0 Å². The lowest BCUT2D eigenvalue weighted by Gasteiger charge is -2.18. The zero-order chi connectivity index (χ0) is 19.9. The number of hydrogen-bond donors (Lipinski definition) is 2. The van der Waals surface area contributed by atoms with Crippen LogP contribution in [-0.4, -0.2) is 37.7 Å². The van der Waals surface area contributed by atoms with Gasteiger partial charge in [-0.05, 0) is 55.4 Å². The van der Waals surface area contributed by atoms with Crippen molar-refractivity contribution in [2.24, 2.45) is 10.9 Å². The van der Waals surface area contributed by atoms with Crippen LogP contribution in [0.15, 0.2) is 47.6 Å². The summed E-state index contributed by atoms with van der Waals surface area (Å²) in [5.41, 5.74) is 2.36. The van der Waals surface area contributed by atoms with E-state index in [-0.39, 0.29) is 24.0 Å². The Balaban J connectivity index is 0.00000256. The molecule has 6 nitrogen and oxygen atoms in total. The number of rotatable bonds is 8. The molecule has 1 aliphatic heterocycles. The summed E-state index contributed by atoms with van der Waals surface area (Å²) in [6.45, 7) is 4.43. The molecular weight excluding hydrogens is 489 g/mol. The lowest BCUT2D eigenvalue weighted by atomic mass is 10.2. The minimum Gasteiger partial charge on any atom is -0.493 e. The van der Waals surface area contributed by atoms with Gasteiger partial charge in [-0.3, -0.25) is 4.99 Å². The Labute approximate surface area is 196 Å². The summed E-state index contributed by atoms with van der Waals surface area (Å²) in [6, 6.07) is 12.5. The number of guanidine groups is 1. The minimum atomic E-state index is 0. The first-order valence-corrected chi connectivity index (χ1v) is 10.7. The number of para-hydroxylation sites is 1. The third-order valence-electron chi connectivity index (χ3n) is 5.51. The number of ether oxygens (including phenoxy) is 1. The van der Waals surface area contributed by atoms with Crippen molar-refractivity contribution >= 4 is 35.8 Å². The van der Waals surface area contributed by atoms with E-state index in [4.69, 9.17) is 4.74 Å². The lowest BCUT2D eigenvalue weighted by molar-refractivity contribution is 0.296. The average molecular weight is 521 g/mol. The molecule has 4 rings (SSSR count). The van der Waals surface area contributed by atoms with Crippen molar-refractivity contribution in [3.63, 3.8) is 0 Å². The number of pyridine rings is 1. The largest absolute Gasteiger partial charge is 0.493 e. The van der Waals surface area contributed by atoms with Gasteiger partial charge in [-0.2, -0.15) is 0 Å². The molecule has 0 amide bonds. The topological polar surface area (TPSA) is 61.8 Å². The number of halogens is 1. The number of anilines is 1. The first-order valence-electron chi connectivity index (χ1n) is 10.7. The van der Waals surface area contributed by atoms with Gasteiger partial charge < -0.3 is 20.3 Å². The zero-order valence-corrected chi connectivity index (χ0v) is 20.0. The number of nitrogens with one attached hydrogen (secondary N) is 2. The molecule has 7 heteroatoms. The average Bonchev–Trinajstić information content (AvgIpc) is 3.43. The predicted molar refractivity (Wildman–Crippen MR) is 133 cm³/mol. The van der Waals surface area contributed by atoms with Gasteiger partial charge in [0, 0.05) is 45.0 Å². The summed E-state index contributed by atoms with van der Waals surface area (Å²) in [5, 5.41) is 6.81. The molecule has 1 aliphatic carbocycles. The third kappa shape index (κ3) is 6.48. The predicted octanol–water partition coefficient (Wildman–Crippen LogP) is 3.95. The van der Waals surface area contributed by atoms with Gasteiger partial charge in [0.15, 0.2) is 5.96 Å². The highest BCUT2D eigenvalue weighted by molar-refractivity contribution is 14.0. The maximum Gasteiger partial charge on any atom is 0.191 e. The standard InChI is InChI=1S/C23H31N5O.HI/c1-24-23(26-15-19-10-11-25-22(14-19)28-12-4-5-13-28)27-16-20-6-2-3-7-21(20)29-17-18-8-9-18;/h2-3,6-7,10-11,14,18H,4-5,8-9,12-13,15-17H2,1H3,(H2,24,26,27);1H. The molecule has 0 radical (unpaired) electrons. The Hall–Kier alpha value is -2.03. The van der Waals surface area contributed by atoms with E-state index in [0.29, 0.717) is 13.1 Å². The highest BCUT2D eigenvalue weighted by Crippen LogP contribution is 2.30. The van der Waals surface area contributed by atoms with E-state index in [1.165, 1.54) is 31.2 Å². The van der Waals surface area contributed by atoms with E-state index in [0.717, 1.165) is 48.7 Å². The van der Waals surface area contributed by atoms with Gasteiger partial charge in [0.25, 0.3) is 0 Å². The molecule has 1 aromatic carbocycles. The fourth-order valence-corrected chi connectivity index (χ4v) is 3.56. The highest BCUT2D eigenvalue weighted by atomic mass is 127. The molecule has 2 aromatic rings. The van der Waals surface area contributed by atoms with Gasteiger partial charge in [-0.25, -0.2) is 4.98 Å². The summed E-state index contributed by atoms with van der Waals surface area (Å²) in [4.78, 5) is 11.2. The van der Waals surface area contributed by atoms with Crippen LogP contribution in [0.4, 0.5) is 5.82 Å². The van der Waals surface area contributed by atoms with E-state index in [2.05, 4.69) is 43.7 Å². The molecule has 0 bridgehead atoms. The Kier molecular flexibility index (Phi) is 8.60. The molecule has 1 aromatic heterocycles. The van der Waals surface area contributed by atoms with E-state index in [1.807, 2.05) is 24.4 Å². The second-order valence-corrected chi connectivity index (χ2v) is 7.86. The SMILES string of the molecule is CN=C(NCc1ccnc(N2CCCC2)c1)NCc1ccccc1OCC1CC1.I. The third-order valence-corrected chi connectivity index (χ3v) is 5.51. The van der Waals surface area contributed by atoms with Gasteiger partial charge in [-0.15, -0.1) is 24.0 Å². The van der Waals surface area contributed by atoms with Crippen LogP contribution in [0.25, 0.3) is 0 Å². The summed E-state index contributed by atoms with van der Waals surface area (Å²) < 4.78 is 6.01. The lowest BCUT2D eigenvalue weighted by Crippen LogP contribution is -2.36. The van der Waals surface area contributed by atoms with Gasteiger partial charge in [-0.1, -0.05) is 18.2 Å². The summed E-state index contributed by atoms with van der Waals surface area (Å²) in [6.07, 6.45) is 7.00. The monoisotopic (exact) mass is 521 g/mol. The van der Waals surface area contributed by atoms with Crippen molar-refractivity contribution in [2.75, 3.05) is 31.6 Å². The second kappa shape index (κ2) is 11.4.